The molecular formula is C10H18N6O2. The molecule has 8 nitrogen and oxygen atoms in total. The van der Waals surface area contributed by atoms with E-state index in [2.05, 4.69) is 20.9 Å². The van der Waals surface area contributed by atoms with Crippen LogP contribution in [-0.2, 0) is 4.79 Å². The summed E-state index contributed by atoms with van der Waals surface area (Å²) in [4.78, 5) is 22.7. The molecule has 0 aliphatic carbocycles. The molecule has 8 heteroatoms. The van der Waals surface area contributed by atoms with Crippen LogP contribution in [0, 0.1) is 0 Å². The molecule has 2 unspecified atom stereocenters. The third-order valence-corrected chi connectivity index (χ3v) is 2.59. The van der Waals surface area contributed by atoms with Crippen LogP contribution in [0.5, 0.6) is 0 Å². The van der Waals surface area contributed by atoms with Crippen LogP contribution in [0.25, 0.3) is 0 Å². The zero-order valence-electron chi connectivity index (χ0n) is 10.7. The number of rotatable bonds is 4. The lowest BCUT2D eigenvalue weighted by molar-refractivity contribution is -0.123. The molecule has 1 rings (SSSR count). The highest BCUT2D eigenvalue weighted by Crippen LogP contribution is 2.12. The Kier molecular flexibility index (Phi) is 4.78. The maximum atomic E-state index is 11.7. The van der Waals surface area contributed by atoms with Gasteiger partial charge >= 0.3 is 6.03 Å². The van der Waals surface area contributed by atoms with E-state index in [9.17, 15) is 9.59 Å². The third-order valence-electron chi connectivity index (χ3n) is 2.59. The van der Waals surface area contributed by atoms with Crippen LogP contribution < -0.4 is 16.4 Å². The number of nitrogens with one attached hydrogen (secondary N) is 2. The Hall–Kier alpha value is -1.96. The van der Waals surface area contributed by atoms with Gasteiger partial charge in [0, 0.05) is 7.05 Å². The zero-order chi connectivity index (χ0) is 13.7. The lowest BCUT2D eigenvalue weighted by Gasteiger charge is -2.10. The number of carbonyl (C=O) groups excluding carboxylic acids is 2. The molecule has 4 N–H and O–H groups in total. The van der Waals surface area contributed by atoms with Crippen molar-refractivity contribution in [2.45, 2.75) is 32.4 Å². The van der Waals surface area contributed by atoms with E-state index in [0.29, 0.717) is 5.69 Å². The number of amides is 3. The van der Waals surface area contributed by atoms with Crippen molar-refractivity contribution in [1.29, 1.82) is 0 Å². The molecule has 18 heavy (non-hydrogen) atoms. The summed E-state index contributed by atoms with van der Waals surface area (Å²) in [7, 11) is 1.43. The van der Waals surface area contributed by atoms with E-state index < -0.39 is 18.0 Å². The van der Waals surface area contributed by atoms with Gasteiger partial charge in [-0.2, -0.15) is 0 Å². The van der Waals surface area contributed by atoms with Crippen LogP contribution >= 0.6 is 0 Å². The summed E-state index contributed by atoms with van der Waals surface area (Å²) in [5.41, 5.74) is 6.43. The predicted octanol–water partition coefficient (Wildman–Crippen LogP) is -0.295. The summed E-state index contributed by atoms with van der Waals surface area (Å²) in [5, 5.41) is 12.2. The summed E-state index contributed by atoms with van der Waals surface area (Å²) < 4.78 is 1.38. The minimum atomic E-state index is -0.632. The van der Waals surface area contributed by atoms with Crippen LogP contribution in [0.1, 0.15) is 38.0 Å². The van der Waals surface area contributed by atoms with Gasteiger partial charge in [-0.1, -0.05) is 12.1 Å². The largest absolute Gasteiger partial charge is 0.341 e. The van der Waals surface area contributed by atoms with E-state index in [4.69, 9.17) is 5.73 Å². The van der Waals surface area contributed by atoms with E-state index in [-0.39, 0.29) is 6.04 Å². The van der Waals surface area contributed by atoms with Gasteiger partial charge in [-0.15, -0.1) is 5.10 Å². The molecular weight excluding hydrogens is 236 g/mol. The highest BCUT2D eigenvalue weighted by atomic mass is 16.2. The number of hydrogen-bond acceptors (Lipinski definition) is 5. The number of nitrogens with zero attached hydrogens (tertiary/aromatic N) is 3. The van der Waals surface area contributed by atoms with Crippen molar-refractivity contribution in [1.82, 2.24) is 25.6 Å². The number of nitrogens with two attached hydrogens (primary N) is 1. The molecule has 0 aliphatic rings. The summed E-state index contributed by atoms with van der Waals surface area (Å²) in [6, 6.07) is -1.39. The quantitative estimate of drug-likeness (QED) is 0.682. The molecule has 0 bridgehead atoms. The SMILES string of the molecule is CCC(N)c1cn(C(C)C(=O)NC(=O)NC)nn1. The van der Waals surface area contributed by atoms with Crippen LogP contribution in [0.3, 0.4) is 0 Å². The van der Waals surface area contributed by atoms with Gasteiger partial charge in [-0.05, 0) is 13.3 Å². The Labute approximate surface area is 105 Å². The topological polar surface area (TPSA) is 115 Å². The number of hydrogen-bond donors (Lipinski definition) is 3. The van der Waals surface area contributed by atoms with Crippen LogP contribution in [0.15, 0.2) is 6.20 Å². The van der Waals surface area contributed by atoms with Crippen LogP contribution in [0.4, 0.5) is 4.79 Å². The van der Waals surface area contributed by atoms with Gasteiger partial charge in [0.15, 0.2) is 0 Å². The van der Waals surface area contributed by atoms with Crippen molar-refractivity contribution < 1.29 is 9.59 Å². The molecule has 1 aromatic heterocycles. The lowest BCUT2D eigenvalue weighted by Crippen LogP contribution is -2.40. The summed E-state index contributed by atoms with van der Waals surface area (Å²) in [6.45, 7) is 3.56. The highest BCUT2D eigenvalue weighted by Gasteiger charge is 2.19. The minimum Gasteiger partial charge on any atom is -0.341 e. The molecule has 0 saturated carbocycles. The van der Waals surface area contributed by atoms with E-state index in [0.717, 1.165) is 6.42 Å². The smallest absolute Gasteiger partial charge is 0.321 e. The van der Waals surface area contributed by atoms with E-state index in [1.807, 2.05) is 6.92 Å². The normalized spacial score (nSPS) is 13.8. The van der Waals surface area contributed by atoms with Gasteiger partial charge < -0.3 is 11.1 Å². The Morgan fingerprint density at radius 3 is 2.78 bits per heavy atom. The molecule has 1 aromatic rings. The zero-order valence-corrected chi connectivity index (χ0v) is 10.7. The second kappa shape index (κ2) is 6.10. The van der Waals surface area contributed by atoms with E-state index in [1.165, 1.54) is 11.7 Å². The molecule has 0 radical (unpaired) electrons. The first-order chi connectivity index (χ1) is 8.49. The van der Waals surface area contributed by atoms with Gasteiger partial charge in [-0.3, -0.25) is 10.1 Å². The Balaban J connectivity index is 2.72. The molecule has 3 amide bonds. The molecule has 0 saturated heterocycles. The first kappa shape index (κ1) is 14.1. The average Bonchev–Trinajstić information content (AvgIpc) is 2.86. The number of carbonyl (C=O) groups is 2. The first-order valence-electron chi connectivity index (χ1n) is 5.69. The molecule has 0 fully saturated rings. The fourth-order valence-electron chi connectivity index (χ4n) is 1.26. The maximum Gasteiger partial charge on any atom is 0.321 e. The summed E-state index contributed by atoms with van der Waals surface area (Å²) in [6.07, 6.45) is 2.35. The molecule has 0 spiro atoms. The highest BCUT2D eigenvalue weighted by molar-refractivity contribution is 5.95. The number of imide groups is 1. The Morgan fingerprint density at radius 1 is 1.56 bits per heavy atom. The summed E-state index contributed by atoms with van der Waals surface area (Å²) >= 11 is 0. The second-order valence-corrected chi connectivity index (χ2v) is 3.88. The van der Waals surface area contributed by atoms with Crippen LogP contribution in [0.2, 0.25) is 0 Å². The predicted molar refractivity (Wildman–Crippen MR) is 64.6 cm³/mol. The van der Waals surface area contributed by atoms with Crippen LogP contribution in [-0.4, -0.2) is 34.0 Å². The maximum absolute atomic E-state index is 11.7. The van der Waals surface area contributed by atoms with Gasteiger partial charge in [0.25, 0.3) is 5.91 Å². The van der Waals surface area contributed by atoms with Crippen molar-refractivity contribution >= 4 is 11.9 Å². The van der Waals surface area contributed by atoms with E-state index in [1.54, 1.807) is 13.1 Å². The monoisotopic (exact) mass is 254 g/mol. The fourth-order valence-corrected chi connectivity index (χ4v) is 1.26. The van der Waals surface area contributed by atoms with Crippen molar-refractivity contribution in [3.8, 4) is 0 Å². The van der Waals surface area contributed by atoms with Crippen molar-refractivity contribution in [3.05, 3.63) is 11.9 Å². The Bertz CT molecular complexity index is 430. The standard InChI is InChI=1S/C10H18N6O2/c1-4-7(11)8-5-16(15-14-8)6(2)9(17)13-10(18)12-3/h5-7H,4,11H2,1-3H3,(H2,12,13,17,18). The number of aromatic nitrogens is 3. The molecule has 100 valence electrons. The third kappa shape index (κ3) is 3.27. The molecule has 1 heterocycles. The average molecular weight is 254 g/mol. The van der Waals surface area contributed by atoms with Gasteiger partial charge in [0.1, 0.15) is 6.04 Å². The molecule has 0 aromatic carbocycles. The van der Waals surface area contributed by atoms with Gasteiger partial charge in [-0.25, -0.2) is 9.48 Å². The lowest BCUT2D eigenvalue weighted by atomic mass is 10.2. The van der Waals surface area contributed by atoms with Crippen molar-refractivity contribution in [2.24, 2.45) is 5.73 Å². The minimum absolute atomic E-state index is 0.201. The summed E-state index contributed by atoms with van der Waals surface area (Å²) in [5.74, 6) is -0.462. The van der Waals surface area contributed by atoms with Crippen molar-refractivity contribution in [2.75, 3.05) is 7.05 Å². The fraction of sp³-hybridized carbons (Fsp3) is 0.600. The van der Waals surface area contributed by atoms with E-state index >= 15 is 0 Å². The molecule has 0 aliphatic heterocycles. The Morgan fingerprint density at radius 2 is 2.22 bits per heavy atom. The molecule has 2 atom stereocenters. The number of urea groups is 1. The second-order valence-electron chi connectivity index (χ2n) is 3.88. The first-order valence-corrected chi connectivity index (χ1v) is 5.69. The van der Waals surface area contributed by atoms with Gasteiger partial charge in [0.2, 0.25) is 0 Å². The van der Waals surface area contributed by atoms with Gasteiger partial charge in [0.05, 0.1) is 17.9 Å². The van der Waals surface area contributed by atoms with Crippen molar-refractivity contribution in [3.63, 3.8) is 0 Å².